The van der Waals surface area contributed by atoms with E-state index >= 15 is 0 Å². The Bertz CT molecular complexity index is 479. The van der Waals surface area contributed by atoms with Crippen LogP contribution in [0.1, 0.15) is 122 Å². The Labute approximate surface area is 221 Å². The van der Waals surface area contributed by atoms with Gasteiger partial charge in [-0.25, -0.2) is 0 Å². The van der Waals surface area contributed by atoms with Crippen molar-refractivity contribution in [1.82, 2.24) is 0 Å². The molecular weight excluding hydrogens is 468 g/mol. The molecule has 0 aliphatic carbocycles. The first kappa shape index (κ1) is 58.6. The number of carbonyl (C=O) groups is 4. The number of carboxylic acid groups (broad SMARTS) is 2. The molecule has 0 unspecified atom stereocenters. The summed E-state index contributed by atoms with van der Waals surface area (Å²) in [6.07, 6.45) is 4.11. The summed E-state index contributed by atoms with van der Waals surface area (Å²) in [7, 11) is 2.75. The maximum absolute atomic E-state index is 10.2. The van der Waals surface area contributed by atoms with Gasteiger partial charge in [0.15, 0.2) is 0 Å². The van der Waals surface area contributed by atoms with Crippen molar-refractivity contribution < 1.29 is 38.9 Å². The van der Waals surface area contributed by atoms with Gasteiger partial charge >= 0.3 is 17.9 Å². The minimum absolute atomic E-state index is 0.123. The fourth-order valence-electron chi connectivity index (χ4n) is 0.632. The van der Waals surface area contributed by atoms with E-state index in [0.29, 0.717) is 19.3 Å². The quantitative estimate of drug-likeness (QED) is 0.355. The predicted molar refractivity (Wildman–Crippen MR) is 146 cm³/mol. The molecule has 0 aromatic heterocycles. The van der Waals surface area contributed by atoms with E-state index < -0.39 is 11.9 Å². The summed E-state index contributed by atoms with van der Waals surface area (Å²) >= 11 is 0. The van der Waals surface area contributed by atoms with Crippen LogP contribution in [-0.4, -0.2) is 48.3 Å². The van der Waals surface area contributed by atoms with Crippen LogP contribution < -0.4 is 0 Å². The molecule has 0 amide bonds. The molecule has 0 aliphatic heterocycles. The number of hydrogen-bond donors (Lipinski definition) is 2. The van der Waals surface area contributed by atoms with E-state index in [-0.39, 0.29) is 11.9 Å². The molecule has 2 N–H and O–H groups in total. The molecule has 10 nitrogen and oxygen atoms in total. The zero-order chi connectivity index (χ0) is 31.4. The Morgan fingerprint density at radius 1 is 0.722 bits per heavy atom. The van der Waals surface area contributed by atoms with Gasteiger partial charge in [-0.2, -0.15) is 10.5 Å². The van der Waals surface area contributed by atoms with Gasteiger partial charge in [0.2, 0.25) is 0 Å². The highest BCUT2D eigenvalue weighted by Crippen LogP contribution is 1.86. The standard InChI is InChI=1S/C5H10O2.C4H7N.C4H8O2.C3H6O2.C2H3N.C2H4O2.3C2H6/c1-3-4-5(6)7-2;1-2-3-4-5;1-2-3-4(5)6;1-3(4)5-2;1-2-3;1-2(3)4;3*1-2/h3-4H2,1-2H3;2-3H2,1H3;2-3H2,1H3,(H,5,6);1-2H3;1H3;1H3,(H,3,4);3*1-2H3. The minimum Gasteiger partial charge on any atom is -0.481 e. The van der Waals surface area contributed by atoms with Crippen LogP contribution in [0.4, 0.5) is 0 Å². The molecule has 10 heteroatoms. The second-order valence-electron chi connectivity index (χ2n) is 4.82. The molecule has 218 valence electrons. The van der Waals surface area contributed by atoms with Crippen molar-refractivity contribution in [3.8, 4) is 12.1 Å². The van der Waals surface area contributed by atoms with Crippen LogP contribution in [0.15, 0.2) is 0 Å². The maximum Gasteiger partial charge on any atom is 0.305 e. The number of rotatable bonds is 5. The average molecular weight is 525 g/mol. The number of carboxylic acids is 2. The molecule has 0 saturated heterocycles. The van der Waals surface area contributed by atoms with E-state index in [1.807, 2.05) is 68.4 Å². The normalized spacial score (nSPS) is 6.22. The van der Waals surface area contributed by atoms with E-state index in [1.165, 1.54) is 28.1 Å². The van der Waals surface area contributed by atoms with Crippen molar-refractivity contribution in [3.63, 3.8) is 0 Å². The molecule has 36 heavy (non-hydrogen) atoms. The van der Waals surface area contributed by atoms with Crippen LogP contribution in [-0.2, 0) is 28.7 Å². The molecule has 0 heterocycles. The smallest absolute Gasteiger partial charge is 0.305 e. The fourth-order valence-corrected chi connectivity index (χ4v) is 0.632. The molecule has 0 rings (SSSR count). The monoisotopic (exact) mass is 524 g/mol. The Balaban J connectivity index is -0.0000000337. The first-order chi connectivity index (χ1) is 16.9. The Morgan fingerprint density at radius 3 is 1.03 bits per heavy atom. The summed E-state index contributed by atoms with van der Waals surface area (Å²) in [6, 6.07) is 3.77. The number of nitrogens with zero attached hydrogens (tertiary/aromatic N) is 2. The predicted octanol–water partition coefficient (Wildman–Crippen LogP) is 7.02. The molecule has 0 aromatic rings. The first-order valence-electron chi connectivity index (χ1n) is 12.1. The molecule has 0 saturated carbocycles. The van der Waals surface area contributed by atoms with Crippen molar-refractivity contribution in [3.05, 3.63) is 0 Å². The van der Waals surface area contributed by atoms with E-state index in [9.17, 15) is 14.4 Å². The van der Waals surface area contributed by atoms with Crippen molar-refractivity contribution in [2.75, 3.05) is 14.2 Å². The van der Waals surface area contributed by atoms with Crippen LogP contribution in [0.5, 0.6) is 0 Å². The van der Waals surface area contributed by atoms with Crippen molar-refractivity contribution in [1.29, 1.82) is 10.5 Å². The third-order valence-electron chi connectivity index (χ3n) is 1.79. The third kappa shape index (κ3) is 351. The molecule has 0 spiro atoms. The van der Waals surface area contributed by atoms with Crippen LogP contribution in [0.25, 0.3) is 0 Å². The van der Waals surface area contributed by atoms with Crippen molar-refractivity contribution >= 4 is 23.9 Å². The lowest BCUT2D eigenvalue weighted by molar-refractivity contribution is -0.141. The fraction of sp³-hybridized carbons (Fsp3) is 0.769. The third-order valence-corrected chi connectivity index (χ3v) is 1.79. The van der Waals surface area contributed by atoms with Gasteiger partial charge in [-0.1, -0.05) is 62.3 Å². The lowest BCUT2D eigenvalue weighted by Gasteiger charge is -1.91. The van der Waals surface area contributed by atoms with Crippen LogP contribution >= 0.6 is 0 Å². The average Bonchev–Trinajstić information content (AvgIpc) is 2.85. The number of ether oxygens (including phenoxy) is 2. The highest BCUT2D eigenvalue weighted by Gasteiger charge is 1.92. The van der Waals surface area contributed by atoms with Gasteiger partial charge in [0.25, 0.3) is 5.97 Å². The maximum atomic E-state index is 10.2. The molecular formula is C26H56N2O8. The summed E-state index contributed by atoms with van der Waals surface area (Å²) in [4.78, 5) is 38.4. The summed E-state index contributed by atoms with van der Waals surface area (Å²) in [5.41, 5.74) is 0. The first-order valence-corrected chi connectivity index (χ1v) is 12.1. The minimum atomic E-state index is -0.833. The molecule has 0 aromatic carbocycles. The van der Waals surface area contributed by atoms with Crippen LogP contribution in [0.3, 0.4) is 0 Å². The van der Waals surface area contributed by atoms with E-state index in [1.54, 1.807) is 6.07 Å². The van der Waals surface area contributed by atoms with E-state index in [0.717, 1.165) is 26.2 Å². The number of unbranched alkanes of at least 4 members (excludes halogenated alkanes) is 1. The van der Waals surface area contributed by atoms with Gasteiger partial charge in [0, 0.05) is 40.0 Å². The molecule has 0 bridgehead atoms. The Morgan fingerprint density at radius 2 is 1.00 bits per heavy atom. The molecule has 0 aliphatic rings. The summed E-state index contributed by atoms with van der Waals surface area (Å²) in [5.74, 6) is -1.91. The highest BCUT2D eigenvalue weighted by molar-refractivity contribution is 5.68. The largest absolute Gasteiger partial charge is 0.481 e. The topological polar surface area (TPSA) is 175 Å². The van der Waals surface area contributed by atoms with Gasteiger partial charge in [-0.05, 0) is 19.3 Å². The number of nitriles is 2. The van der Waals surface area contributed by atoms with Crippen LogP contribution in [0.2, 0.25) is 0 Å². The van der Waals surface area contributed by atoms with Gasteiger partial charge in [0.1, 0.15) is 0 Å². The van der Waals surface area contributed by atoms with E-state index in [4.69, 9.17) is 25.5 Å². The van der Waals surface area contributed by atoms with Gasteiger partial charge in [0.05, 0.1) is 26.4 Å². The summed E-state index contributed by atoms with van der Waals surface area (Å²) in [6.45, 7) is 21.6. The Kier molecular flexibility index (Phi) is 139. The van der Waals surface area contributed by atoms with E-state index in [2.05, 4.69) is 9.47 Å². The van der Waals surface area contributed by atoms with Crippen LogP contribution in [0, 0.1) is 22.7 Å². The number of hydrogen-bond acceptors (Lipinski definition) is 8. The lowest BCUT2D eigenvalue weighted by atomic mass is 10.3. The van der Waals surface area contributed by atoms with Crippen molar-refractivity contribution in [2.45, 2.75) is 122 Å². The lowest BCUT2D eigenvalue weighted by Crippen LogP contribution is -1.97. The number of aliphatic carboxylic acids is 2. The number of carbonyl (C=O) groups excluding carboxylic acids is 2. The number of methoxy groups -OCH3 is 2. The molecule has 0 atom stereocenters. The summed E-state index contributed by atoms with van der Waals surface area (Å²) < 4.78 is 8.46. The van der Waals surface area contributed by atoms with Gasteiger partial charge in [-0.3, -0.25) is 19.2 Å². The second kappa shape index (κ2) is 85.3. The zero-order valence-corrected chi connectivity index (χ0v) is 25.5. The highest BCUT2D eigenvalue weighted by atomic mass is 16.5. The zero-order valence-electron chi connectivity index (χ0n) is 25.5. The SMILES string of the molecule is CC.CC.CC.CC#N.CC(=O)O.CCCC#N.CCCC(=O)O.CCCC(=O)OC.COC(C)=O. The number of esters is 2. The summed E-state index contributed by atoms with van der Waals surface area (Å²) in [5, 5.41) is 30.5. The van der Waals surface area contributed by atoms with Gasteiger partial charge in [-0.15, -0.1) is 0 Å². The second-order valence-corrected chi connectivity index (χ2v) is 4.82. The molecule has 0 fully saturated rings. The molecule has 0 radical (unpaired) electrons. The van der Waals surface area contributed by atoms with Crippen molar-refractivity contribution in [2.24, 2.45) is 0 Å². The van der Waals surface area contributed by atoms with Gasteiger partial charge < -0.3 is 19.7 Å². The Hall–Kier alpha value is -3.14.